The van der Waals surface area contributed by atoms with Gasteiger partial charge in [0.1, 0.15) is 6.54 Å². The highest BCUT2D eigenvalue weighted by Crippen LogP contribution is 2.35. The van der Waals surface area contributed by atoms with E-state index in [1.54, 1.807) is 25.1 Å². The Morgan fingerprint density at radius 3 is 2.52 bits per heavy atom. The fraction of sp³-hybridized carbons (Fsp3) is 0.286. The molecule has 1 aromatic carbocycles. The summed E-state index contributed by atoms with van der Waals surface area (Å²) in [7, 11) is 0. The predicted octanol–water partition coefficient (Wildman–Crippen LogP) is 4.46. The molecule has 1 heterocycles. The fourth-order valence-corrected chi connectivity index (χ4v) is 2.35. The highest BCUT2D eigenvalue weighted by Gasteiger charge is 2.38. The highest BCUT2D eigenvalue weighted by molar-refractivity contribution is 6.32. The van der Waals surface area contributed by atoms with E-state index in [1.807, 2.05) is 0 Å². The molecule has 0 unspecified atom stereocenters. The lowest BCUT2D eigenvalue weighted by molar-refractivity contribution is -0.141. The largest absolute Gasteiger partial charge is 0.436 e. The number of nitrogens with one attached hydrogen (secondary N) is 1. The molecule has 0 saturated carbocycles. The van der Waals surface area contributed by atoms with Gasteiger partial charge in [0, 0.05) is 10.7 Å². The molecule has 0 radical (unpaired) electrons. The van der Waals surface area contributed by atoms with Crippen molar-refractivity contribution >= 4 is 34.8 Å². The van der Waals surface area contributed by atoms with Gasteiger partial charge in [0.15, 0.2) is 5.69 Å². The minimum Gasteiger partial charge on any atom is -0.324 e. The summed E-state index contributed by atoms with van der Waals surface area (Å²) in [6, 6.07) is 4.96. The monoisotopic (exact) mass is 365 g/mol. The second kappa shape index (κ2) is 6.41. The zero-order valence-electron chi connectivity index (χ0n) is 12.1. The molecule has 4 nitrogen and oxygen atoms in total. The van der Waals surface area contributed by atoms with Crippen molar-refractivity contribution in [3.8, 4) is 0 Å². The Kier molecular flexibility index (Phi) is 4.91. The normalized spacial score (nSPS) is 11.6. The first-order valence-corrected chi connectivity index (χ1v) is 7.22. The van der Waals surface area contributed by atoms with Gasteiger partial charge in [-0.25, -0.2) is 0 Å². The maximum atomic E-state index is 12.7. The van der Waals surface area contributed by atoms with Gasteiger partial charge in [-0.15, -0.1) is 0 Å². The van der Waals surface area contributed by atoms with E-state index in [4.69, 9.17) is 23.2 Å². The zero-order chi connectivity index (χ0) is 17.4. The lowest BCUT2D eigenvalue weighted by Crippen LogP contribution is -2.21. The Morgan fingerprint density at radius 2 is 1.96 bits per heavy atom. The molecule has 0 fully saturated rings. The number of alkyl halides is 3. The molecule has 1 amide bonds. The number of carbonyl (C=O) groups excluding carboxylic acids is 1. The van der Waals surface area contributed by atoms with E-state index in [2.05, 4.69) is 10.4 Å². The van der Waals surface area contributed by atoms with Crippen molar-refractivity contribution in [2.24, 2.45) is 0 Å². The first-order valence-electron chi connectivity index (χ1n) is 6.46. The fourth-order valence-electron chi connectivity index (χ4n) is 1.93. The minimum absolute atomic E-state index is 0.0666. The van der Waals surface area contributed by atoms with Gasteiger partial charge in [-0.1, -0.05) is 29.3 Å². The Balaban J connectivity index is 2.20. The van der Waals surface area contributed by atoms with Crippen LogP contribution in [0.4, 0.5) is 18.9 Å². The SMILES string of the molecule is Cc1c(Cl)cccc1NC(=O)Cn1nc(C(F)(F)F)c(Cl)c1C. The number of anilines is 1. The van der Waals surface area contributed by atoms with Crippen LogP contribution in [0.1, 0.15) is 17.0 Å². The molecule has 0 atom stereocenters. The van der Waals surface area contributed by atoms with Crippen LogP contribution in [0.15, 0.2) is 18.2 Å². The van der Waals surface area contributed by atoms with Gasteiger partial charge in [-0.2, -0.15) is 18.3 Å². The van der Waals surface area contributed by atoms with Crippen LogP contribution in [0.25, 0.3) is 0 Å². The van der Waals surface area contributed by atoms with Crippen LogP contribution in [-0.4, -0.2) is 15.7 Å². The second-order valence-electron chi connectivity index (χ2n) is 4.86. The summed E-state index contributed by atoms with van der Waals surface area (Å²) in [4.78, 5) is 12.0. The minimum atomic E-state index is -4.67. The van der Waals surface area contributed by atoms with Crippen molar-refractivity contribution in [1.29, 1.82) is 0 Å². The van der Waals surface area contributed by atoms with Crippen molar-refractivity contribution in [3.63, 3.8) is 0 Å². The summed E-state index contributed by atoms with van der Waals surface area (Å²) in [5, 5.41) is 5.92. The van der Waals surface area contributed by atoms with Gasteiger partial charge in [0.25, 0.3) is 0 Å². The summed E-state index contributed by atoms with van der Waals surface area (Å²) < 4.78 is 39.2. The molecule has 0 aliphatic rings. The molecule has 0 aliphatic heterocycles. The molecule has 2 rings (SSSR count). The lowest BCUT2D eigenvalue weighted by Gasteiger charge is -2.10. The predicted molar refractivity (Wildman–Crippen MR) is 81.8 cm³/mol. The molecule has 9 heteroatoms. The van der Waals surface area contributed by atoms with E-state index in [0.717, 1.165) is 4.68 Å². The van der Waals surface area contributed by atoms with Gasteiger partial charge in [-0.3, -0.25) is 9.48 Å². The maximum Gasteiger partial charge on any atom is 0.436 e. The molecular weight excluding hydrogens is 354 g/mol. The summed E-state index contributed by atoms with van der Waals surface area (Å²) in [6.45, 7) is 2.69. The summed E-state index contributed by atoms with van der Waals surface area (Å²) in [6.07, 6.45) is -4.67. The quantitative estimate of drug-likeness (QED) is 0.872. The molecule has 124 valence electrons. The van der Waals surface area contributed by atoms with Crippen molar-refractivity contribution in [2.75, 3.05) is 5.32 Å². The van der Waals surface area contributed by atoms with E-state index < -0.39 is 29.3 Å². The number of halogens is 5. The van der Waals surface area contributed by atoms with E-state index in [9.17, 15) is 18.0 Å². The molecule has 2 aromatic rings. The van der Waals surface area contributed by atoms with Crippen molar-refractivity contribution in [1.82, 2.24) is 9.78 Å². The van der Waals surface area contributed by atoms with Crippen LogP contribution in [0, 0.1) is 13.8 Å². The second-order valence-corrected chi connectivity index (χ2v) is 5.65. The summed E-state index contributed by atoms with van der Waals surface area (Å²) >= 11 is 11.6. The Bertz CT molecular complexity index is 756. The number of aromatic nitrogens is 2. The Hall–Kier alpha value is -1.73. The zero-order valence-corrected chi connectivity index (χ0v) is 13.6. The number of nitrogens with zero attached hydrogens (tertiary/aromatic N) is 2. The van der Waals surface area contributed by atoms with E-state index >= 15 is 0 Å². The summed E-state index contributed by atoms with van der Waals surface area (Å²) in [5.41, 5.74) is 0.00327. The third-order valence-corrected chi connectivity index (χ3v) is 4.10. The smallest absolute Gasteiger partial charge is 0.324 e. The van der Waals surface area contributed by atoms with Crippen LogP contribution in [-0.2, 0) is 17.5 Å². The van der Waals surface area contributed by atoms with Gasteiger partial charge in [0.2, 0.25) is 5.91 Å². The maximum absolute atomic E-state index is 12.7. The average Bonchev–Trinajstić information content (AvgIpc) is 2.72. The molecule has 0 aliphatic carbocycles. The van der Waals surface area contributed by atoms with Gasteiger partial charge in [0.05, 0.1) is 10.7 Å². The molecule has 0 spiro atoms. The summed E-state index contributed by atoms with van der Waals surface area (Å²) in [5.74, 6) is -0.536. The van der Waals surface area contributed by atoms with Crippen LogP contribution in [0.5, 0.6) is 0 Å². The van der Waals surface area contributed by atoms with Crippen LogP contribution in [0.2, 0.25) is 10.0 Å². The lowest BCUT2D eigenvalue weighted by atomic mass is 10.2. The highest BCUT2D eigenvalue weighted by atomic mass is 35.5. The number of hydrogen-bond acceptors (Lipinski definition) is 2. The molecule has 23 heavy (non-hydrogen) atoms. The molecule has 0 saturated heterocycles. The topological polar surface area (TPSA) is 46.9 Å². The number of carbonyl (C=O) groups is 1. The molecule has 1 N–H and O–H groups in total. The molecular formula is C14H12Cl2F3N3O. The Morgan fingerprint density at radius 1 is 1.30 bits per heavy atom. The first-order chi connectivity index (χ1) is 10.6. The van der Waals surface area contributed by atoms with Crippen LogP contribution < -0.4 is 5.32 Å². The number of hydrogen-bond donors (Lipinski definition) is 1. The molecule has 0 bridgehead atoms. The van der Waals surface area contributed by atoms with E-state index in [1.165, 1.54) is 6.92 Å². The number of benzene rings is 1. The van der Waals surface area contributed by atoms with Gasteiger partial charge < -0.3 is 5.32 Å². The van der Waals surface area contributed by atoms with Crippen LogP contribution in [0.3, 0.4) is 0 Å². The number of amides is 1. The van der Waals surface area contributed by atoms with Crippen molar-refractivity contribution in [3.05, 3.63) is 45.2 Å². The van der Waals surface area contributed by atoms with Gasteiger partial charge in [-0.05, 0) is 31.5 Å². The van der Waals surface area contributed by atoms with E-state index in [-0.39, 0.29) is 5.69 Å². The Labute approximate surface area is 140 Å². The third kappa shape index (κ3) is 3.79. The molecule has 1 aromatic heterocycles. The third-order valence-electron chi connectivity index (χ3n) is 3.24. The van der Waals surface area contributed by atoms with Crippen molar-refractivity contribution < 1.29 is 18.0 Å². The van der Waals surface area contributed by atoms with E-state index in [0.29, 0.717) is 16.3 Å². The van der Waals surface area contributed by atoms with Crippen LogP contribution >= 0.6 is 23.2 Å². The van der Waals surface area contributed by atoms with Gasteiger partial charge >= 0.3 is 6.18 Å². The average molecular weight is 366 g/mol. The first kappa shape index (κ1) is 17.6. The standard InChI is InChI=1S/C14H12Cl2F3N3O/c1-7-9(15)4-3-5-10(7)20-11(23)6-22-8(2)12(16)13(21-22)14(17,18)19/h3-5H,6H2,1-2H3,(H,20,23). The van der Waals surface area contributed by atoms with Crippen molar-refractivity contribution in [2.45, 2.75) is 26.6 Å². The number of rotatable bonds is 3.